The molecular weight excluding hydrogens is 332 g/mol. The minimum absolute atomic E-state index is 0.689. The number of hydrogen-bond acceptors (Lipinski definition) is 5. The topological polar surface area (TPSA) is 44.2 Å². The second kappa shape index (κ2) is 7.23. The molecule has 0 saturated carbocycles. The van der Waals surface area contributed by atoms with Gasteiger partial charge in [-0.1, -0.05) is 13.3 Å². The number of pyridine rings is 1. The van der Waals surface area contributed by atoms with Crippen molar-refractivity contribution in [1.29, 1.82) is 0 Å². The second-order valence-electron chi connectivity index (χ2n) is 6.03. The van der Waals surface area contributed by atoms with E-state index in [0.29, 0.717) is 13.2 Å². The van der Waals surface area contributed by atoms with Crippen LogP contribution < -0.4 is 9.47 Å². The molecule has 0 spiro atoms. The number of hydrogen-bond donors (Lipinski definition) is 0. The monoisotopic (exact) mass is 352 g/mol. The minimum Gasteiger partial charge on any atom is -0.490 e. The Hall–Kier alpha value is -2.40. The van der Waals surface area contributed by atoms with Crippen LogP contribution in [0.4, 0.5) is 0 Å². The van der Waals surface area contributed by atoms with Crippen molar-refractivity contribution in [3.8, 4) is 33.3 Å². The molecule has 0 amide bonds. The van der Waals surface area contributed by atoms with E-state index in [-0.39, 0.29) is 0 Å². The van der Waals surface area contributed by atoms with Crippen LogP contribution >= 0.6 is 11.3 Å². The maximum absolute atomic E-state index is 5.79. The summed E-state index contributed by atoms with van der Waals surface area (Å²) in [5.74, 6) is 1.62. The molecule has 0 saturated heterocycles. The summed E-state index contributed by atoms with van der Waals surface area (Å²) in [6, 6.07) is 8.13. The Morgan fingerprint density at radius 2 is 2.00 bits per heavy atom. The van der Waals surface area contributed by atoms with E-state index in [0.717, 1.165) is 52.6 Å². The summed E-state index contributed by atoms with van der Waals surface area (Å²) in [5.41, 5.74) is 4.45. The average Bonchev–Trinajstić information content (AvgIpc) is 3.01. The fourth-order valence-electron chi connectivity index (χ4n) is 2.96. The molecule has 2 aromatic heterocycles. The van der Waals surface area contributed by atoms with Gasteiger partial charge in [0.1, 0.15) is 5.01 Å². The summed E-state index contributed by atoms with van der Waals surface area (Å²) < 4.78 is 11.5. The van der Waals surface area contributed by atoms with E-state index >= 15 is 0 Å². The van der Waals surface area contributed by atoms with E-state index in [4.69, 9.17) is 14.5 Å². The zero-order valence-electron chi connectivity index (χ0n) is 14.2. The number of benzene rings is 1. The highest BCUT2D eigenvalue weighted by atomic mass is 32.1. The Morgan fingerprint density at radius 1 is 1.12 bits per heavy atom. The zero-order chi connectivity index (χ0) is 17.1. The number of thiazole rings is 1. The van der Waals surface area contributed by atoms with Gasteiger partial charge in [-0.25, -0.2) is 4.98 Å². The van der Waals surface area contributed by atoms with Crippen molar-refractivity contribution in [2.75, 3.05) is 13.2 Å². The van der Waals surface area contributed by atoms with Gasteiger partial charge in [0.05, 0.1) is 18.9 Å². The summed E-state index contributed by atoms with van der Waals surface area (Å²) in [4.78, 5) is 9.13. The third-order valence-electron chi connectivity index (χ3n) is 4.21. The van der Waals surface area contributed by atoms with Crippen LogP contribution in [-0.2, 0) is 6.42 Å². The van der Waals surface area contributed by atoms with Crippen LogP contribution in [0, 0.1) is 0 Å². The van der Waals surface area contributed by atoms with Gasteiger partial charge in [-0.05, 0) is 36.2 Å². The van der Waals surface area contributed by atoms with Crippen molar-refractivity contribution < 1.29 is 9.47 Å². The smallest absolute Gasteiger partial charge is 0.161 e. The van der Waals surface area contributed by atoms with E-state index < -0.39 is 0 Å². The fourth-order valence-corrected chi connectivity index (χ4v) is 3.83. The third-order valence-corrected chi connectivity index (χ3v) is 5.08. The number of rotatable bonds is 4. The molecule has 5 heteroatoms. The molecule has 0 aliphatic carbocycles. The Kier molecular flexibility index (Phi) is 4.65. The quantitative estimate of drug-likeness (QED) is 0.664. The SMILES string of the molecule is CCCc1ccncc1-c1nc(-c2ccc3c(c2)OCCCO3)cs1. The average molecular weight is 352 g/mol. The molecule has 1 aliphatic rings. The van der Waals surface area contributed by atoms with Gasteiger partial charge in [0, 0.05) is 35.3 Å². The Bertz CT molecular complexity index is 876. The first-order valence-electron chi connectivity index (χ1n) is 8.64. The lowest BCUT2D eigenvalue weighted by atomic mass is 10.1. The van der Waals surface area contributed by atoms with Crippen LogP contribution in [0.1, 0.15) is 25.3 Å². The number of nitrogens with zero attached hydrogens (tertiary/aromatic N) is 2. The van der Waals surface area contributed by atoms with Gasteiger partial charge in [-0.3, -0.25) is 4.98 Å². The normalized spacial score (nSPS) is 13.5. The lowest BCUT2D eigenvalue weighted by Crippen LogP contribution is -1.97. The predicted molar refractivity (Wildman–Crippen MR) is 100 cm³/mol. The summed E-state index contributed by atoms with van der Waals surface area (Å²) in [5, 5.41) is 3.11. The molecule has 4 nitrogen and oxygen atoms in total. The molecule has 4 rings (SSSR count). The molecule has 3 heterocycles. The van der Waals surface area contributed by atoms with E-state index in [1.54, 1.807) is 11.3 Å². The van der Waals surface area contributed by atoms with Crippen LogP contribution in [0.2, 0.25) is 0 Å². The van der Waals surface area contributed by atoms with Crippen LogP contribution in [-0.4, -0.2) is 23.2 Å². The standard InChI is InChI=1S/C20H20N2O2S/c1-2-4-14-7-8-21-12-16(14)20-22-17(13-25-20)15-5-6-18-19(11-15)24-10-3-9-23-18/h5-8,11-13H,2-4,9-10H2,1H3. The molecule has 0 unspecified atom stereocenters. The van der Waals surface area contributed by atoms with Gasteiger partial charge >= 0.3 is 0 Å². The van der Waals surface area contributed by atoms with Gasteiger partial charge in [-0.15, -0.1) is 11.3 Å². The molecule has 0 N–H and O–H groups in total. The van der Waals surface area contributed by atoms with Crippen molar-refractivity contribution >= 4 is 11.3 Å². The molecule has 128 valence electrons. The molecule has 0 fully saturated rings. The highest BCUT2D eigenvalue weighted by Gasteiger charge is 2.14. The lowest BCUT2D eigenvalue weighted by molar-refractivity contribution is 0.297. The highest BCUT2D eigenvalue weighted by Crippen LogP contribution is 2.36. The number of aryl methyl sites for hydroxylation is 1. The molecule has 0 bridgehead atoms. The molecule has 25 heavy (non-hydrogen) atoms. The van der Waals surface area contributed by atoms with Crippen molar-refractivity contribution in [2.24, 2.45) is 0 Å². The van der Waals surface area contributed by atoms with Crippen molar-refractivity contribution in [2.45, 2.75) is 26.2 Å². The van der Waals surface area contributed by atoms with Gasteiger partial charge in [0.2, 0.25) is 0 Å². The van der Waals surface area contributed by atoms with Crippen LogP contribution in [0.15, 0.2) is 42.0 Å². The van der Waals surface area contributed by atoms with E-state index in [1.807, 2.05) is 30.6 Å². The molecular formula is C20H20N2O2S. The first-order valence-corrected chi connectivity index (χ1v) is 9.52. The Morgan fingerprint density at radius 3 is 2.88 bits per heavy atom. The number of fused-ring (bicyclic) bond motifs is 1. The minimum atomic E-state index is 0.689. The third kappa shape index (κ3) is 3.37. The zero-order valence-corrected chi connectivity index (χ0v) is 15.0. The van der Waals surface area contributed by atoms with Crippen LogP contribution in [0.3, 0.4) is 0 Å². The molecule has 1 aliphatic heterocycles. The van der Waals surface area contributed by atoms with Gasteiger partial charge in [-0.2, -0.15) is 0 Å². The Labute approximate surface area is 151 Å². The van der Waals surface area contributed by atoms with Gasteiger partial charge in [0.25, 0.3) is 0 Å². The predicted octanol–water partition coefficient (Wildman–Crippen LogP) is 4.99. The first kappa shape index (κ1) is 16.1. The van der Waals surface area contributed by atoms with E-state index in [9.17, 15) is 0 Å². The Balaban J connectivity index is 1.67. The second-order valence-corrected chi connectivity index (χ2v) is 6.89. The molecule has 3 aromatic rings. The summed E-state index contributed by atoms with van der Waals surface area (Å²) in [6.07, 6.45) is 6.83. The molecule has 1 aromatic carbocycles. The number of ether oxygens (including phenoxy) is 2. The fraction of sp³-hybridized carbons (Fsp3) is 0.300. The molecule has 0 atom stereocenters. The van der Waals surface area contributed by atoms with Gasteiger partial charge < -0.3 is 9.47 Å². The summed E-state index contributed by atoms with van der Waals surface area (Å²) in [7, 11) is 0. The van der Waals surface area contributed by atoms with Crippen molar-refractivity contribution in [3.05, 3.63) is 47.6 Å². The van der Waals surface area contributed by atoms with E-state index in [1.165, 1.54) is 5.56 Å². The first-order chi connectivity index (χ1) is 12.3. The highest BCUT2D eigenvalue weighted by molar-refractivity contribution is 7.13. The van der Waals surface area contributed by atoms with Crippen LogP contribution in [0.5, 0.6) is 11.5 Å². The summed E-state index contributed by atoms with van der Waals surface area (Å²) in [6.45, 7) is 3.58. The lowest BCUT2D eigenvalue weighted by Gasteiger charge is -2.08. The largest absolute Gasteiger partial charge is 0.490 e. The van der Waals surface area contributed by atoms with Crippen molar-refractivity contribution in [1.82, 2.24) is 9.97 Å². The van der Waals surface area contributed by atoms with E-state index in [2.05, 4.69) is 23.4 Å². The summed E-state index contributed by atoms with van der Waals surface area (Å²) >= 11 is 1.66. The maximum Gasteiger partial charge on any atom is 0.161 e. The van der Waals surface area contributed by atoms with Crippen LogP contribution in [0.25, 0.3) is 21.8 Å². The molecule has 0 radical (unpaired) electrons. The maximum atomic E-state index is 5.79. The van der Waals surface area contributed by atoms with Crippen molar-refractivity contribution in [3.63, 3.8) is 0 Å². The number of aromatic nitrogens is 2. The van der Waals surface area contributed by atoms with Gasteiger partial charge in [0.15, 0.2) is 11.5 Å².